The van der Waals surface area contributed by atoms with Crippen LogP contribution >= 0.6 is 15.9 Å². The molecule has 0 aliphatic carbocycles. The Balaban J connectivity index is 1.62. The molecule has 0 saturated carbocycles. The number of carbonyl (C=O) groups is 2. The van der Waals surface area contributed by atoms with Crippen molar-refractivity contribution in [3.05, 3.63) is 140 Å². The van der Waals surface area contributed by atoms with Gasteiger partial charge in [-0.05, 0) is 41.0 Å². The van der Waals surface area contributed by atoms with Crippen LogP contribution in [-0.2, 0) is 16.0 Å². The highest BCUT2D eigenvalue weighted by atomic mass is 79.9. The highest BCUT2D eigenvalue weighted by Gasteiger charge is 2.28. The van der Waals surface area contributed by atoms with Gasteiger partial charge in [0, 0.05) is 28.7 Å². The number of rotatable bonds is 9. The van der Waals surface area contributed by atoms with E-state index in [1.807, 2.05) is 60.7 Å². The maximum atomic E-state index is 13.7. The lowest BCUT2D eigenvalue weighted by Gasteiger charge is -2.23. The number of amides is 2. The van der Waals surface area contributed by atoms with Crippen LogP contribution in [0.5, 0.6) is 0 Å². The summed E-state index contributed by atoms with van der Waals surface area (Å²) >= 11 is 3.38. The normalized spacial score (nSPS) is 11.5. The van der Waals surface area contributed by atoms with Gasteiger partial charge in [-0.2, -0.15) is 0 Å². The molecular formula is C29H24BrN3O4. The Morgan fingerprint density at radius 3 is 1.81 bits per heavy atom. The number of hydrogen-bond acceptors (Lipinski definition) is 4. The van der Waals surface area contributed by atoms with Gasteiger partial charge in [0.05, 0.1) is 10.8 Å². The molecule has 0 aliphatic heterocycles. The number of carbonyl (C=O) groups excluding carboxylic acids is 2. The van der Waals surface area contributed by atoms with Crippen LogP contribution < -0.4 is 10.6 Å². The monoisotopic (exact) mass is 557 g/mol. The van der Waals surface area contributed by atoms with E-state index in [9.17, 15) is 19.7 Å². The first-order valence-corrected chi connectivity index (χ1v) is 12.4. The van der Waals surface area contributed by atoms with E-state index < -0.39 is 22.8 Å². The van der Waals surface area contributed by atoms with Gasteiger partial charge in [0.2, 0.25) is 11.8 Å². The van der Waals surface area contributed by atoms with Crippen LogP contribution in [0.1, 0.15) is 22.6 Å². The summed E-state index contributed by atoms with van der Waals surface area (Å²) in [7, 11) is 0. The molecule has 4 rings (SSSR count). The number of hydrogen-bond donors (Lipinski definition) is 2. The second kappa shape index (κ2) is 12.1. The highest BCUT2D eigenvalue weighted by Crippen LogP contribution is 2.25. The SMILES string of the molecule is O=C(N[C@@H](Cc1ccc([N+](=O)[O-])cc1)C(=O)Nc1ccc(Br)cc1)C(c1ccccc1)c1ccccc1. The Morgan fingerprint density at radius 1 is 0.757 bits per heavy atom. The molecule has 1 atom stereocenters. The lowest BCUT2D eigenvalue weighted by atomic mass is 9.90. The van der Waals surface area contributed by atoms with Gasteiger partial charge < -0.3 is 10.6 Å². The van der Waals surface area contributed by atoms with Crippen LogP contribution in [0.4, 0.5) is 11.4 Å². The first kappa shape index (κ1) is 25.8. The van der Waals surface area contributed by atoms with Crippen LogP contribution in [0.2, 0.25) is 0 Å². The summed E-state index contributed by atoms with van der Waals surface area (Å²) in [6.07, 6.45) is 0.155. The number of non-ortho nitro benzene ring substituents is 1. The predicted molar refractivity (Wildman–Crippen MR) is 146 cm³/mol. The molecule has 0 saturated heterocycles. The summed E-state index contributed by atoms with van der Waals surface area (Å²) in [4.78, 5) is 37.6. The van der Waals surface area contributed by atoms with Gasteiger partial charge in [-0.15, -0.1) is 0 Å². The van der Waals surface area contributed by atoms with Gasteiger partial charge >= 0.3 is 0 Å². The zero-order valence-electron chi connectivity index (χ0n) is 19.7. The minimum absolute atomic E-state index is 0.0446. The lowest BCUT2D eigenvalue weighted by molar-refractivity contribution is -0.384. The fourth-order valence-electron chi connectivity index (χ4n) is 4.00. The van der Waals surface area contributed by atoms with Crippen LogP contribution in [0, 0.1) is 10.1 Å². The van der Waals surface area contributed by atoms with E-state index in [2.05, 4.69) is 26.6 Å². The molecule has 0 heterocycles. The molecule has 186 valence electrons. The quantitative estimate of drug-likeness (QED) is 0.199. The first-order chi connectivity index (χ1) is 17.9. The molecule has 8 heteroatoms. The molecule has 0 aliphatic rings. The molecule has 0 radical (unpaired) electrons. The van der Waals surface area contributed by atoms with E-state index >= 15 is 0 Å². The van der Waals surface area contributed by atoms with Crippen molar-refractivity contribution in [3.63, 3.8) is 0 Å². The number of anilines is 1. The third-order valence-electron chi connectivity index (χ3n) is 5.86. The van der Waals surface area contributed by atoms with Gasteiger partial charge in [-0.1, -0.05) is 88.7 Å². The molecule has 2 N–H and O–H groups in total. The summed E-state index contributed by atoms with van der Waals surface area (Å²) < 4.78 is 0.870. The Hall–Kier alpha value is -4.30. The van der Waals surface area contributed by atoms with Gasteiger partial charge in [-0.3, -0.25) is 19.7 Å². The molecule has 4 aromatic carbocycles. The van der Waals surface area contributed by atoms with Crippen molar-refractivity contribution in [2.24, 2.45) is 0 Å². The topological polar surface area (TPSA) is 101 Å². The van der Waals surface area contributed by atoms with Crippen molar-refractivity contribution < 1.29 is 14.5 Å². The lowest BCUT2D eigenvalue weighted by Crippen LogP contribution is -2.47. The number of halogens is 1. The van der Waals surface area contributed by atoms with Gasteiger partial charge in [0.15, 0.2) is 0 Å². The molecule has 0 aromatic heterocycles. The van der Waals surface area contributed by atoms with E-state index in [4.69, 9.17) is 0 Å². The van der Waals surface area contributed by atoms with Crippen LogP contribution in [0.15, 0.2) is 114 Å². The zero-order valence-corrected chi connectivity index (χ0v) is 21.3. The number of nitrogens with zero attached hydrogens (tertiary/aromatic N) is 1. The van der Waals surface area contributed by atoms with E-state index in [1.165, 1.54) is 12.1 Å². The third kappa shape index (κ3) is 6.89. The number of nitrogens with one attached hydrogen (secondary N) is 2. The highest BCUT2D eigenvalue weighted by molar-refractivity contribution is 9.10. The average Bonchev–Trinajstić information content (AvgIpc) is 2.91. The van der Waals surface area contributed by atoms with Gasteiger partial charge in [-0.25, -0.2) is 0 Å². The summed E-state index contributed by atoms with van der Waals surface area (Å²) in [5.74, 6) is -1.34. The van der Waals surface area contributed by atoms with E-state index in [-0.39, 0.29) is 18.0 Å². The van der Waals surface area contributed by atoms with Crippen molar-refractivity contribution in [3.8, 4) is 0 Å². The molecule has 0 unspecified atom stereocenters. The smallest absolute Gasteiger partial charge is 0.269 e. The van der Waals surface area contributed by atoms with Crippen molar-refractivity contribution in [2.45, 2.75) is 18.4 Å². The van der Waals surface area contributed by atoms with E-state index in [0.29, 0.717) is 11.3 Å². The predicted octanol–water partition coefficient (Wildman–Crippen LogP) is 5.86. The van der Waals surface area contributed by atoms with Crippen LogP contribution in [-0.4, -0.2) is 22.8 Å². The molecule has 0 fully saturated rings. The zero-order chi connectivity index (χ0) is 26.2. The molecule has 4 aromatic rings. The molecule has 0 bridgehead atoms. The Morgan fingerprint density at radius 2 is 1.30 bits per heavy atom. The van der Waals surface area contributed by atoms with Crippen molar-refractivity contribution in [1.29, 1.82) is 0 Å². The fourth-order valence-corrected chi connectivity index (χ4v) is 4.27. The first-order valence-electron chi connectivity index (χ1n) is 11.6. The third-order valence-corrected chi connectivity index (χ3v) is 6.39. The van der Waals surface area contributed by atoms with Gasteiger partial charge in [0.1, 0.15) is 6.04 Å². The number of nitro benzene ring substituents is 1. The fraction of sp³-hybridized carbons (Fsp3) is 0.103. The molecule has 7 nitrogen and oxygen atoms in total. The minimum Gasteiger partial charge on any atom is -0.343 e. The maximum Gasteiger partial charge on any atom is 0.269 e. The van der Waals surface area contributed by atoms with Crippen molar-refractivity contribution >= 4 is 39.1 Å². The molecule has 0 spiro atoms. The average molecular weight is 558 g/mol. The largest absolute Gasteiger partial charge is 0.343 e. The molecule has 37 heavy (non-hydrogen) atoms. The maximum absolute atomic E-state index is 13.7. The second-order valence-electron chi connectivity index (χ2n) is 8.44. The number of nitro groups is 1. The Labute approximate surface area is 222 Å². The summed E-state index contributed by atoms with van der Waals surface area (Å²) in [5.41, 5.74) is 2.82. The number of benzene rings is 4. The molecular weight excluding hydrogens is 534 g/mol. The minimum atomic E-state index is -0.924. The van der Waals surface area contributed by atoms with E-state index in [0.717, 1.165) is 15.6 Å². The Bertz CT molecular complexity index is 1320. The van der Waals surface area contributed by atoms with Crippen LogP contribution in [0.3, 0.4) is 0 Å². The van der Waals surface area contributed by atoms with Crippen LogP contribution in [0.25, 0.3) is 0 Å². The summed E-state index contributed by atoms with van der Waals surface area (Å²) in [5, 5.41) is 16.8. The van der Waals surface area contributed by atoms with Crippen molar-refractivity contribution in [1.82, 2.24) is 5.32 Å². The van der Waals surface area contributed by atoms with E-state index in [1.54, 1.807) is 36.4 Å². The summed E-state index contributed by atoms with van der Waals surface area (Å²) in [6.45, 7) is 0. The standard InChI is InChI=1S/C29H24BrN3O4/c30-23-13-15-24(16-14-23)31-28(34)26(19-20-11-17-25(18-12-20)33(36)37)32-29(35)27(21-7-3-1-4-8-21)22-9-5-2-6-10-22/h1-18,26-27H,19H2,(H,31,34)(H,32,35)/t26-/m0/s1. The van der Waals surface area contributed by atoms with Crippen molar-refractivity contribution in [2.75, 3.05) is 5.32 Å². The molecule has 2 amide bonds. The Kier molecular flexibility index (Phi) is 8.43. The second-order valence-corrected chi connectivity index (χ2v) is 9.36. The summed E-state index contributed by atoms with van der Waals surface area (Å²) in [6, 6.07) is 30.9. The van der Waals surface area contributed by atoms with Gasteiger partial charge in [0.25, 0.3) is 5.69 Å².